The van der Waals surface area contributed by atoms with E-state index in [9.17, 15) is 149 Å². The van der Waals surface area contributed by atoms with Crippen LogP contribution in [0.5, 0.6) is 0 Å². The van der Waals surface area contributed by atoms with E-state index in [0.717, 1.165) is 6.07 Å². The molecule has 0 heterocycles. The molecule has 0 aliphatic heterocycles. The maximum absolute atomic E-state index is 14.5. The van der Waals surface area contributed by atoms with Gasteiger partial charge in [0.15, 0.2) is 0 Å². The first-order valence-corrected chi connectivity index (χ1v) is 18.0. The Morgan fingerprint density at radius 1 is 0.262 bits per heavy atom. The summed E-state index contributed by atoms with van der Waals surface area (Å²) in [6, 6.07) is 2.81. The van der Waals surface area contributed by atoms with Gasteiger partial charge in [0, 0.05) is 0 Å². The van der Waals surface area contributed by atoms with Gasteiger partial charge in [-0.15, -0.1) is 0 Å². The van der Waals surface area contributed by atoms with Crippen LogP contribution >= 0.6 is 0 Å². The molecule has 0 aliphatic rings. The van der Waals surface area contributed by atoms with Crippen LogP contribution < -0.4 is 4.35 Å². The second-order valence-corrected chi connectivity index (χ2v) is 17.3. The number of benzene rings is 1. The molecule has 0 radical (unpaired) electrons. The van der Waals surface area contributed by atoms with Crippen molar-refractivity contribution in [2.45, 2.75) is 119 Å². The maximum atomic E-state index is 14.5. The monoisotopic (exact) mass is 1050 g/mol. The van der Waals surface area contributed by atoms with Crippen LogP contribution in [-0.2, 0) is 0 Å². The molecule has 1 aromatic carbocycles. The van der Waals surface area contributed by atoms with E-state index in [2.05, 4.69) is 0 Å². The van der Waals surface area contributed by atoms with Gasteiger partial charge in [0.1, 0.15) is 0 Å². The Morgan fingerprint density at radius 2 is 0.459 bits per heavy atom. The van der Waals surface area contributed by atoms with Crippen LogP contribution in [0.25, 0.3) is 0 Å². The van der Waals surface area contributed by atoms with Crippen molar-refractivity contribution >= 4 is 19.0 Å². The summed E-state index contributed by atoms with van der Waals surface area (Å²) in [5.74, 6) is -120. The Balaban J connectivity index is 3.70. The molecule has 0 nitrogen and oxygen atoms in total. The van der Waals surface area contributed by atoms with E-state index in [1.165, 1.54) is 0 Å². The Hall–Kier alpha value is -2.60. The SMILES string of the molecule is FC(F)(F)C(F)(F)C(F)(F)C(F)(F)C(F)(F)C(F)(F)C(F)(F)C(F)(F)CC[As](CCC(F)(F)C(F)(F)C(F)(F)C(F)(F)C(F)(F)C(F)(F)C(F)(F)C(F)(F)F)c1ccccc1. The standard InChI is InChI=1S/C26H13AsF34/c28-11(29,13(32,33)15(36,37)17(40,41)19(44,45)21(48,49)23(52,53)25(56,57)58)6-8-27(10-4-2-1-3-5-10)9-7-12(30,31)14(34,35)16(38,39)18(42,43)20(46,47)22(50,51)24(54,55)26(59,60)61/h1-5H,6-9H2. The fourth-order valence-electron chi connectivity index (χ4n) is 4.27. The predicted molar refractivity (Wildman–Crippen MR) is 132 cm³/mol. The third-order valence-corrected chi connectivity index (χ3v) is 13.4. The van der Waals surface area contributed by atoms with Gasteiger partial charge < -0.3 is 0 Å². The van der Waals surface area contributed by atoms with Crippen molar-refractivity contribution in [3.63, 3.8) is 0 Å². The second kappa shape index (κ2) is 15.5. The van der Waals surface area contributed by atoms with Crippen molar-refractivity contribution in [2.75, 3.05) is 0 Å². The molecule has 61 heavy (non-hydrogen) atoms. The average molecular weight is 1050 g/mol. The van der Waals surface area contributed by atoms with Gasteiger partial charge >= 0.3 is 317 Å². The van der Waals surface area contributed by atoms with Gasteiger partial charge in [0.2, 0.25) is 0 Å². The summed E-state index contributed by atoms with van der Waals surface area (Å²) in [5.41, 5.74) is 0. The molecule has 1 rings (SSSR count). The zero-order valence-corrected chi connectivity index (χ0v) is 29.4. The van der Waals surface area contributed by atoms with Crippen LogP contribution in [0, 0.1) is 0 Å². The summed E-state index contributed by atoms with van der Waals surface area (Å²) in [7, 11) is 0. The molecule has 1 aromatic rings. The fraction of sp³-hybridized carbons (Fsp3) is 0.769. The van der Waals surface area contributed by atoms with E-state index >= 15 is 0 Å². The van der Waals surface area contributed by atoms with Gasteiger partial charge in [-0.1, -0.05) is 0 Å². The normalized spacial score (nSPS) is 16.4. The molecule has 0 aromatic heterocycles. The van der Waals surface area contributed by atoms with Gasteiger partial charge in [-0.05, 0) is 0 Å². The summed E-state index contributed by atoms with van der Waals surface area (Å²) < 4.78 is 461. The zero-order valence-electron chi connectivity index (χ0n) is 27.5. The third-order valence-electron chi connectivity index (χ3n) is 8.09. The van der Waals surface area contributed by atoms with E-state index in [1.807, 2.05) is 0 Å². The number of halogens is 34. The van der Waals surface area contributed by atoms with Crippen molar-refractivity contribution in [3.05, 3.63) is 30.3 Å². The Bertz CT molecular complexity index is 1550. The molecule has 0 N–H and O–H groups in total. The van der Waals surface area contributed by atoms with E-state index in [0.29, 0.717) is 24.3 Å². The number of hydrogen-bond acceptors (Lipinski definition) is 0. The van der Waals surface area contributed by atoms with Crippen LogP contribution in [0.1, 0.15) is 12.8 Å². The fourth-order valence-corrected chi connectivity index (χ4v) is 9.38. The summed E-state index contributed by atoms with van der Waals surface area (Å²) in [5, 5.41) is -4.77. The molecule has 0 fully saturated rings. The van der Waals surface area contributed by atoms with Crippen molar-refractivity contribution in [1.82, 2.24) is 0 Å². The van der Waals surface area contributed by atoms with Crippen molar-refractivity contribution in [1.29, 1.82) is 0 Å². The Labute approximate surface area is 317 Å². The van der Waals surface area contributed by atoms with E-state index in [4.69, 9.17) is 0 Å². The molecule has 0 aliphatic carbocycles. The molecule has 0 saturated carbocycles. The molecule has 0 atom stereocenters. The third kappa shape index (κ3) is 8.11. The van der Waals surface area contributed by atoms with Crippen molar-refractivity contribution in [3.8, 4) is 0 Å². The molecule has 0 unspecified atom stereocenters. The molecule has 0 saturated heterocycles. The van der Waals surface area contributed by atoms with Crippen LogP contribution in [0.15, 0.2) is 30.3 Å². The van der Waals surface area contributed by atoms with Gasteiger partial charge in [-0.2, -0.15) is 0 Å². The quantitative estimate of drug-likeness (QED) is 0.0957. The zero-order chi connectivity index (χ0) is 49.5. The van der Waals surface area contributed by atoms with E-state index in [-0.39, 0.29) is 0 Å². The molecule has 35 heteroatoms. The first kappa shape index (κ1) is 56.4. The summed E-state index contributed by atoms with van der Waals surface area (Å²) in [6.45, 7) is 0. The average Bonchev–Trinajstić information content (AvgIpc) is 3.06. The molecular formula is C26H13AsF34. The molecule has 0 bridgehead atoms. The number of alkyl halides is 34. The van der Waals surface area contributed by atoms with Crippen LogP contribution in [0.3, 0.4) is 0 Å². The Morgan fingerprint density at radius 3 is 0.672 bits per heavy atom. The first-order valence-electron chi connectivity index (χ1n) is 14.4. The number of hydrogen-bond donors (Lipinski definition) is 0. The van der Waals surface area contributed by atoms with Crippen LogP contribution in [-0.4, -0.2) is 110 Å². The molecular weight excluding hydrogens is 1030 g/mol. The van der Waals surface area contributed by atoms with Gasteiger partial charge in [-0.3, -0.25) is 0 Å². The first-order chi connectivity index (χ1) is 26.2. The predicted octanol–water partition coefficient (Wildman–Crippen LogP) is 13.2. The number of rotatable bonds is 19. The van der Waals surface area contributed by atoms with E-state index < -0.39 is 138 Å². The molecule has 360 valence electrons. The van der Waals surface area contributed by atoms with Gasteiger partial charge in [0.05, 0.1) is 0 Å². The minimum atomic E-state index is -9.09. The van der Waals surface area contributed by atoms with Gasteiger partial charge in [-0.25, -0.2) is 0 Å². The summed E-state index contributed by atoms with van der Waals surface area (Å²) in [4.78, 5) is 0. The summed E-state index contributed by atoms with van der Waals surface area (Å²) in [6.07, 6.45) is -23.1. The molecule has 0 spiro atoms. The second-order valence-electron chi connectivity index (χ2n) is 12.1. The van der Waals surface area contributed by atoms with Crippen LogP contribution in [0.2, 0.25) is 10.4 Å². The van der Waals surface area contributed by atoms with E-state index in [1.54, 1.807) is 0 Å². The summed E-state index contributed by atoms with van der Waals surface area (Å²) >= 11 is -4.90. The minimum absolute atomic E-state index is 0.394. The van der Waals surface area contributed by atoms with Crippen molar-refractivity contribution in [2.24, 2.45) is 0 Å². The van der Waals surface area contributed by atoms with Crippen molar-refractivity contribution < 1.29 is 149 Å². The van der Waals surface area contributed by atoms with Gasteiger partial charge in [0.25, 0.3) is 0 Å². The molecule has 0 amide bonds. The van der Waals surface area contributed by atoms with Crippen LogP contribution in [0.4, 0.5) is 149 Å². The topological polar surface area (TPSA) is 0 Å². The Kier molecular flexibility index (Phi) is 14.4.